The molecule has 0 fully saturated rings. The van der Waals surface area contributed by atoms with E-state index in [0.717, 1.165) is 16.8 Å². The lowest BCUT2D eigenvalue weighted by Gasteiger charge is -2.06. The Hall–Kier alpha value is -3.19. The highest BCUT2D eigenvalue weighted by molar-refractivity contribution is 5.70. The van der Waals surface area contributed by atoms with Crippen LogP contribution in [-0.2, 0) is 0 Å². The van der Waals surface area contributed by atoms with Crippen molar-refractivity contribution in [1.29, 1.82) is 0 Å². The van der Waals surface area contributed by atoms with Crippen LogP contribution in [0, 0.1) is 0 Å². The maximum atomic E-state index is 4.63. The van der Waals surface area contributed by atoms with Gasteiger partial charge in [-0.25, -0.2) is 0 Å². The van der Waals surface area contributed by atoms with Gasteiger partial charge in [0.1, 0.15) is 0 Å². The van der Waals surface area contributed by atoms with E-state index in [4.69, 9.17) is 0 Å². The van der Waals surface area contributed by atoms with Crippen molar-refractivity contribution >= 4 is 0 Å². The molecule has 4 aromatic rings. The number of benzene rings is 3. The maximum absolute atomic E-state index is 4.63. The third-order valence-corrected chi connectivity index (χ3v) is 4.16. The van der Waals surface area contributed by atoms with E-state index in [0.29, 0.717) is 0 Å². The SMILES string of the molecule is c1ccc(-c2ccc(-c3ccc(-c4ccccc4)cn3)cc2)cc1. The molecule has 1 aromatic heterocycles. The molecule has 0 radical (unpaired) electrons. The highest BCUT2D eigenvalue weighted by Crippen LogP contribution is 2.25. The van der Waals surface area contributed by atoms with Crippen LogP contribution in [0.15, 0.2) is 103 Å². The van der Waals surface area contributed by atoms with E-state index in [1.807, 2.05) is 30.5 Å². The van der Waals surface area contributed by atoms with E-state index < -0.39 is 0 Å². The molecule has 0 N–H and O–H groups in total. The molecule has 1 nitrogen and oxygen atoms in total. The fourth-order valence-corrected chi connectivity index (χ4v) is 2.83. The zero-order valence-corrected chi connectivity index (χ0v) is 13.3. The van der Waals surface area contributed by atoms with Gasteiger partial charge in [-0.3, -0.25) is 4.98 Å². The Morgan fingerprint density at radius 1 is 0.375 bits per heavy atom. The van der Waals surface area contributed by atoms with Crippen molar-refractivity contribution < 1.29 is 0 Å². The first kappa shape index (κ1) is 14.4. The van der Waals surface area contributed by atoms with Crippen LogP contribution in [0.2, 0.25) is 0 Å². The summed E-state index contributed by atoms with van der Waals surface area (Å²) < 4.78 is 0. The number of aromatic nitrogens is 1. The fraction of sp³-hybridized carbons (Fsp3) is 0. The Morgan fingerprint density at radius 2 is 0.833 bits per heavy atom. The van der Waals surface area contributed by atoms with E-state index in [1.54, 1.807) is 0 Å². The minimum atomic E-state index is 0.995. The van der Waals surface area contributed by atoms with Gasteiger partial charge in [0.05, 0.1) is 5.69 Å². The summed E-state index contributed by atoms with van der Waals surface area (Å²) in [5.74, 6) is 0. The molecule has 0 aliphatic carbocycles. The topological polar surface area (TPSA) is 12.9 Å². The molecule has 0 atom stereocenters. The molecule has 0 spiro atoms. The second-order valence-electron chi connectivity index (χ2n) is 5.74. The maximum Gasteiger partial charge on any atom is 0.0702 e. The normalized spacial score (nSPS) is 10.5. The molecular formula is C23H17N. The van der Waals surface area contributed by atoms with Crippen molar-refractivity contribution in [3.8, 4) is 33.5 Å². The number of rotatable bonds is 3. The van der Waals surface area contributed by atoms with Gasteiger partial charge in [-0.2, -0.15) is 0 Å². The molecule has 114 valence electrons. The molecule has 0 unspecified atom stereocenters. The van der Waals surface area contributed by atoms with E-state index in [-0.39, 0.29) is 0 Å². The van der Waals surface area contributed by atoms with Crippen molar-refractivity contribution in [3.05, 3.63) is 103 Å². The van der Waals surface area contributed by atoms with Crippen LogP contribution < -0.4 is 0 Å². The third-order valence-electron chi connectivity index (χ3n) is 4.16. The first-order valence-electron chi connectivity index (χ1n) is 8.07. The largest absolute Gasteiger partial charge is 0.256 e. The highest BCUT2D eigenvalue weighted by atomic mass is 14.7. The second-order valence-corrected chi connectivity index (χ2v) is 5.74. The van der Waals surface area contributed by atoms with Gasteiger partial charge in [0.15, 0.2) is 0 Å². The number of hydrogen-bond acceptors (Lipinski definition) is 1. The summed E-state index contributed by atoms with van der Waals surface area (Å²) in [6.07, 6.45) is 1.94. The van der Waals surface area contributed by atoms with Crippen molar-refractivity contribution in [3.63, 3.8) is 0 Å². The van der Waals surface area contributed by atoms with Crippen LogP contribution in [0.4, 0.5) is 0 Å². The number of pyridine rings is 1. The second kappa shape index (κ2) is 6.51. The van der Waals surface area contributed by atoms with Gasteiger partial charge in [0.25, 0.3) is 0 Å². The Morgan fingerprint density at radius 3 is 1.38 bits per heavy atom. The van der Waals surface area contributed by atoms with Crippen LogP contribution in [0.3, 0.4) is 0 Å². The van der Waals surface area contributed by atoms with Gasteiger partial charge >= 0.3 is 0 Å². The number of nitrogens with zero attached hydrogens (tertiary/aromatic N) is 1. The van der Waals surface area contributed by atoms with Crippen molar-refractivity contribution in [1.82, 2.24) is 4.98 Å². The van der Waals surface area contributed by atoms with Crippen LogP contribution >= 0.6 is 0 Å². The van der Waals surface area contributed by atoms with E-state index >= 15 is 0 Å². The van der Waals surface area contributed by atoms with Crippen LogP contribution in [-0.4, -0.2) is 4.98 Å². The van der Waals surface area contributed by atoms with Gasteiger partial charge in [0, 0.05) is 17.3 Å². The van der Waals surface area contributed by atoms with Gasteiger partial charge in [0.2, 0.25) is 0 Å². The molecule has 1 heterocycles. The fourth-order valence-electron chi connectivity index (χ4n) is 2.83. The minimum Gasteiger partial charge on any atom is -0.256 e. The summed E-state index contributed by atoms with van der Waals surface area (Å²) in [6, 6.07) is 33.5. The highest BCUT2D eigenvalue weighted by Gasteiger charge is 2.02. The van der Waals surface area contributed by atoms with Crippen LogP contribution in [0.5, 0.6) is 0 Å². The molecule has 24 heavy (non-hydrogen) atoms. The molecule has 0 aliphatic rings. The zero-order chi connectivity index (χ0) is 16.2. The molecule has 4 rings (SSSR count). The van der Waals surface area contributed by atoms with Crippen LogP contribution in [0.25, 0.3) is 33.5 Å². The predicted octanol–water partition coefficient (Wildman–Crippen LogP) is 6.08. The molecule has 1 heteroatoms. The van der Waals surface area contributed by atoms with Gasteiger partial charge < -0.3 is 0 Å². The predicted molar refractivity (Wildman–Crippen MR) is 101 cm³/mol. The summed E-state index contributed by atoms with van der Waals surface area (Å²) in [5, 5.41) is 0. The smallest absolute Gasteiger partial charge is 0.0702 e. The van der Waals surface area contributed by atoms with E-state index in [9.17, 15) is 0 Å². The lowest BCUT2D eigenvalue weighted by atomic mass is 10.0. The quantitative estimate of drug-likeness (QED) is 0.447. The summed E-state index contributed by atoms with van der Waals surface area (Å²) in [5.41, 5.74) is 6.91. The average molecular weight is 307 g/mol. The summed E-state index contributed by atoms with van der Waals surface area (Å²) >= 11 is 0. The van der Waals surface area contributed by atoms with Crippen molar-refractivity contribution in [2.45, 2.75) is 0 Å². The Labute approximate surface area is 142 Å². The van der Waals surface area contributed by atoms with Gasteiger partial charge in [-0.15, -0.1) is 0 Å². The minimum absolute atomic E-state index is 0.995. The molecular weight excluding hydrogens is 290 g/mol. The van der Waals surface area contributed by atoms with Crippen molar-refractivity contribution in [2.24, 2.45) is 0 Å². The first-order valence-corrected chi connectivity index (χ1v) is 8.07. The van der Waals surface area contributed by atoms with Crippen molar-refractivity contribution in [2.75, 3.05) is 0 Å². The lowest BCUT2D eigenvalue weighted by Crippen LogP contribution is -1.85. The summed E-state index contributed by atoms with van der Waals surface area (Å²) in [4.78, 5) is 4.63. The Kier molecular flexibility index (Phi) is 3.91. The average Bonchev–Trinajstić information content (AvgIpc) is 2.70. The summed E-state index contributed by atoms with van der Waals surface area (Å²) in [6.45, 7) is 0. The molecule has 0 aliphatic heterocycles. The van der Waals surface area contributed by atoms with Crippen LogP contribution in [0.1, 0.15) is 0 Å². The monoisotopic (exact) mass is 307 g/mol. The molecule has 0 saturated heterocycles. The first-order chi connectivity index (χ1) is 11.9. The Balaban J connectivity index is 1.60. The van der Waals surface area contributed by atoms with E-state index in [2.05, 4.69) is 77.8 Å². The lowest BCUT2D eigenvalue weighted by molar-refractivity contribution is 1.32. The van der Waals surface area contributed by atoms with Gasteiger partial charge in [-0.05, 0) is 22.8 Å². The molecule has 3 aromatic carbocycles. The molecule has 0 bridgehead atoms. The number of hydrogen-bond donors (Lipinski definition) is 0. The third kappa shape index (κ3) is 2.97. The summed E-state index contributed by atoms with van der Waals surface area (Å²) in [7, 11) is 0. The Bertz CT molecular complexity index is 828. The molecule has 0 amide bonds. The standard InChI is InChI=1S/C23H17N/c1-3-7-18(8-4-1)20-11-13-21(14-12-20)23-16-15-22(17-24-23)19-9-5-2-6-10-19/h1-17H. The van der Waals surface area contributed by atoms with E-state index in [1.165, 1.54) is 16.7 Å². The van der Waals surface area contributed by atoms with Gasteiger partial charge in [-0.1, -0.05) is 91.0 Å². The molecule has 0 saturated carbocycles. The zero-order valence-electron chi connectivity index (χ0n) is 13.3.